The molecule has 0 saturated heterocycles. The number of carbonyl (C=O) groups excluding carboxylic acids is 1. The standard InChI is InChI=1S/C16H14F2N2O4/c1-22-13-9-5-11(16(21)20-7-12(17)18)24-15(9)14(23-2)8-3-4-19-6-10(8)13/h3-6,12H,7H2,1-2H3,(H,20,21). The predicted molar refractivity (Wildman–Crippen MR) is 83.0 cm³/mol. The molecule has 3 aromatic rings. The molecule has 0 radical (unpaired) electrons. The van der Waals surface area contributed by atoms with Gasteiger partial charge in [-0.2, -0.15) is 0 Å². The van der Waals surface area contributed by atoms with Gasteiger partial charge in [0.1, 0.15) is 5.75 Å². The smallest absolute Gasteiger partial charge is 0.287 e. The van der Waals surface area contributed by atoms with E-state index >= 15 is 0 Å². The molecule has 0 atom stereocenters. The number of fused-ring (bicyclic) bond motifs is 2. The molecule has 24 heavy (non-hydrogen) atoms. The van der Waals surface area contributed by atoms with Crippen LogP contribution in [0.1, 0.15) is 10.6 Å². The Bertz CT molecular complexity index is 847. The van der Waals surface area contributed by atoms with Gasteiger partial charge >= 0.3 is 0 Å². The average Bonchev–Trinajstić information content (AvgIpc) is 3.02. The van der Waals surface area contributed by atoms with Gasteiger partial charge in [0.05, 0.1) is 26.2 Å². The van der Waals surface area contributed by atoms with Crippen molar-refractivity contribution in [1.82, 2.24) is 10.3 Å². The van der Waals surface area contributed by atoms with Crippen LogP contribution < -0.4 is 14.8 Å². The second-order valence-corrected chi connectivity index (χ2v) is 4.94. The van der Waals surface area contributed by atoms with E-state index in [4.69, 9.17) is 13.9 Å². The van der Waals surface area contributed by atoms with Crippen LogP contribution >= 0.6 is 0 Å². The topological polar surface area (TPSA) is 73.6 Å². The maximum Gasteiger partial charge on any atom is 0.287 e. The van der Waals surface area contributed by atoms with Gasteiger partial charge in [0.2, 0.25) is 0 Å². The zero-order chi connectivity index (χ0) is 17.3. The summed E-state index contributed by atoms with van der Waals surface area (Å²) in [5, 5.41) is 3.98. The Morgan fingerprint density at radius 1 is 1.25 bits per heavy atom. The number of aromatic nitrogens is 1. The van der Waals surface area contributed by atoms with Crippen molar-refractivity contribution < 1.29 is 27.5 Å². The predicted octanol–water partition coefficient (Wildman–Crippen LogP) is 2.99. The van der Waals surface area contributed by atoms with E-state index < -0.39 is 18.9 Å². The summed E-state index contributed by atoms with van der Waals surface area (Å²) in [6.07, 6.45) is 0.561. The third kappa shape index (κ3) is 2.60. The van der Waals surface area contributed by atoms with Crippen molar-refractivity contribution in [3.05, 3.63) is 30.3 Å². The Balaban J connectivity index is 2.20. The number of amides is 1. The second kappa shape index (κ2) is 6.31. The lowest BCUT2D eigenvalue weighted by atomic mass is 10.1. The lowest BCUT2D eigenvalue weighted by Gasteiger charge is -2.10. The molecule has 3 rings (SSSR count). The first kappa shape index (κ1) is 16.0. The van der Waals surface area contributed by atoms with E-state index in [1.807, 2.05) is 0 Å². The van der Waals surface area contributed by atoms with Crippen molar-refractivity contribution >= 4 is 27.6 Å². The van der Waals surface area contributed by atoms with Gasteiger partial charge in [-0.3, -0.25) is 9.78 Å². The van der Waals surface area contributed by atoms with Crippen LogP contribution in [-0.4, -0.2) is 38.1 Å². The lowest BCUT2D eigenvalue weighted by molar-refractivity contribution is 0.0867. The number of nitrogens with zero attached hydrogens (tertiary/aromatic N) is 1. The second-order valence-electron chi connectivity index (χ2n) is 4.94. The Morgan fingerprint density at radius 2 is 2.00 bits per heavy atom. The van der Waals surface area contributed by atoms with Gasteiger partial charge in [-0.25, -0.2) is 8.78 Å². The largest absolute Gasteiger partial charge is 0.495 e. The summed E-state index contributed by atoms with van der Waals surface area (Å²) < 4.78 is 40.9. The van der Waals surface area contributed by atoms with Gasteiger partial charge in [0.25, 0.3) is 12.3 Å². The first-order chi connectivity index (χ1) is 11.6. The fraction of sp³-hybridized carbons (Fsp3) is 0.250. The van der Waals surface area contributed by atoms with Crippen molar-refractivity contribution in [2.75, 3.05) is 20.8 Å². The van der Waals surface area contributed by atoms with E-state index in [-0.39, 0.29) is 5.76 Å². The van der Waals surface area contributed by atoms with Gasteiger partial charge in [0, 0.05) is 29.2 Å². The number of alkyl halides is 2. The molecule has 0 aliphatic heterocycles. The van der Waals surface area contributed by atoms with E-state index in [1.54, 1.807) is 18.5 Å². The molecule has 126 valence electrons. The maximum absolute atomic E-state index is 12.2. The minimum Gasteiger partial charge on any atom is -0.495 e. The van der Waals surface area contributed by atoms with Crippen LogP contribution in [0.3, 0.4) is 0 Å². The van der Waals surface area contributed by atoms with Crippen LogP contribution in [0.2, 0.25) is 0 Å². The quantitative estimate of drug-likeness (QED) is 0.775. The van der Waals surface area contributed by atoms with Gasteiger partial charge in [-0.15, -0.1) is 0 Å². The summed E-state index contributed by atoms with van der Waals surface area (Å²) in [6.45, 7) is -0.754. The number of nitrogens with one attached hydrogen (secondary N) is 1. The molecule has 0 fully saturated rings. The molecule has 0 saturated carbocycles. The number of ether oxygens (including phenoxy) is 2. The number of carbonyl (C=O) groups is 1. The Labute approximate surface area is 135 Å². The van der Waals surface area contributed by atoms with Crippen LogP contribution in [0.5, 0.6) is 11.5 Å². The fourth-order valence-corrected chi connectivity index (χ4v) is 2.56. The Kier molecular flexibility index (Phi) is 4.20. The minimum absolute atomic E-state index is 0.106. The molecule has 1 amide bonds. The number of hydrogen-bond acceptors (Lipinski definition) is 5. The monoisotopic (exact) mass is 336 g/mol. The number of furan rings is 1. The Morgan fingerprint density at radius 3 is 2.67 bits per heavy atom. The van der Waals surface area contributed by atoms with Crippen molar-refractivity contribution in [3.8, 4) is 11.5 Å². The highest BCUT2D eigenvalue weighted by Gasteiger charge is 2.22. The van der Waals surface area contributed by atoms with Crippen LogP contribution in [0.4, 0.5) is 8.78 Å². The normalized spacial score (nSPS) is 11.2. The summed E-state index contributed by atoms with van der Waals surface area (Å²) in [5.41, 5.74) is 0.301. The summed E-state index contributed by atoms with van der Waals surface area (Å²) >= 11 is 0. The van der Waals surface area contributed by atoms with E-state index in [2.05, 4.69) is 10.3 Å². The van der Waals surface area contributed by atoms with Crippen LogP contribution in [0.25, 0.3) is 21.7 Å². The molecule has 0 aliphatic rings. The first-order valence-corrected chi connectivity index (χ1v) is 7.04. The van der Waals surface area contributed by atoms with Crippen molar-refractivity contribution in [1.29, 1.82) is 0 Å². The van der Waals surface area contributed by atoms with Crippen molar-refractivity contribution in [3.63, 3.8) is 0 Å². The lowest BCUT2D eigenvalue weighted by Crippen LogP contribution is -2.28. The third-order valence-corrected chi connectivity index (χ3v) is 3.54. The molecule has 2 heterocycles. The Hall–Kier alpha value is -2.90. The average molecular weight is 336 g/mol. The molecule has 0 aliphatic carbocycles. The number of hydrogen-bond donors (Lipinski definition) is 1. The molecule has 8 heteroatoms. The van der Waals surface area contributed by atoms with E-state index in [0.29, 0.717) is 33.2 Å². The summed E-state index contributed by atoms with van der Waals surface area (Å²) in [5.74, 6) is 0.0324. The minimum atomic E-state index is -2.64. The van der Waals surface area contributed by atoms with E-state index in [1.165, 1.54) is 20.3 Å². The molecular formula is C16H14F2N2O4. The van der Waals surface area contributed by atoms with Gasteiger partial charge in [0.15, 0.2) is 17.1 Å². The molecule has 0 spiro atoms. The highest BCUT2D eigenvalue weighted by atomic mass is 19.3. The number of pyridine rings is 1. The van der Waals surface area contributed by atoms with Crippen molar-refractivity contribution in [2.24, 2.45) is 0 Å². The van der Waals surface area contributed by atoms with Crippen LogP contribution in [0, 0.1) is 0 Å². The molecule has 0 unspecified atom stereocenters. The number of rotatable bonds is 5. The molecule has 1 N–H and O–H groups in total. The van der Waals surface area contributed by atoms with Gasteiger partial charge in [-0.1, -0.05) is 0 Å². The number of halogens is 2. The number of benzene rings is 1. The highest BCUT2D eigenvalue weighted by Crippen LogP contribution is 2.43. The van der Waals surface area contributed by atoms with Gasteiger partial charge < -0.3 is 19.2 Å². The highest BCUT2D eigenvalue weighted by molar-refractivity contribution is 6.10. The molecule has 2 aromatic heterocycles. The van der Waals surface area contributed by atoms with Crippen molar-refractivity contribution in [2.45, 2.75) is 6.43 Å². The first-order valence-electron chi connectivity index (χ1n) is 7.04. The zero-order valence-electron chi connectivity index (χ0n) is 12.9. The van der Waals surface area contributed by atoms with Gasteiger partial charge in [-0.05, 0) is 6.07 Å². The molecule has 6 nitrogen and oxygen atoms in total. The summed E-state index contributed by atoms with van der Waals surface area (Å²) in [4.78, 5) is 16.0. The summed E-state index contributed by atoms with van der Waals surface area (Å²) in [6, 6.07) is 3.17. The van der Waals surface area contributed by atoms with Crippen LogP contribution in [0.15, 0.2) is 28.9 Å². The number of methoxy groups -OCH3 is 2. The molecule has 1 aromatic carbocycles. The summed E-state index contributed by atoms with van der Waals surface area (Å²) in [7, 11) is 2.96. The SMILES string of the molecule is COc1c2cnccc2c(OC)c2oc(C(=O)NCC(F)F)cc12. The zero-order valence-corrected chi connectivity index (χ0v) is 12.9. The van der Waals surface area contributed by atoms with E-state index in [9.17, 15) is 13.6 Å². The maximum atomic E-state index is 12.2. The van der Waals surface area contributed by atoms with Crippen LogP contribution in [-0.2, 0) is 0 Å². The molecular weight excluding hydrogens is 322 g/mol. The third-order valence-electron chi connectivity index (χ3n) is 3.54. The molecule has 0 bridgehead atoms. The van der Waals surface area contributed by atoms with E-state index in [0.717, 1.165) is 0 Å². The fourth-order valence-electron chi connectivity index (χ4n) is 2.56.